The highest BCUT2D eigenvalue weighted by molar-refractivity contribution is 5.88. The fraction of sp³-hybridized carbons (Fsp3) is 0.320. The monoisotopic (exact) mass is 435 g/mol. The van der Waals surface area contributed by atoms with Crippen molar-refractivity contribution in [1.82, 2.24) is 5.32 Å². The molecule has 0 aliphatic heterocycles. The van der Waals surface area contributed by atoms with Crippen molar-refractivity contribution in [2.24, 2.45) is 0 Å². The van der Waals surface area contributed by atoms with Gasteiger partial charge in [0.25, 0.3) is 0 Å². The lowest BCUT2D eigenvalue weighted by molar-refractivity contribution is -0.136. The smallest absolute Gasteiger partial charge is 0.408 e. The Balaban J connectivity index is 1.46. The Morgan fingerprint density at radius 2 is 1.84 bits per heavy atom. The first-order valence-corrected chi connectivity index (χ1v) is 10.7. The highest BCUT2D eigenvalue weighted by Crippen LogP contribution is 2.33. The van der Waals surface area contributed by atoms with Crippen LogP contribution in [-0.2, 0) is 29.0 Å². The van der Waals surface area contributed by atoms with E-state index in [-0.39, 0.29) is 12.2 Å². The number of benzene rings is 2. The topological polar surface area (TPSA) is 94.8 Å². The van der Waals surface area contributed by atoms with Gasteiger partial charge in [-0.3, -0.25) is 0 Å². The second kappa shape index (κ2) is 9.26. The highest BCUT2D eigenvalue weighted by Gasteiger charge is 2.25. The van der Waals surface area contributed by atoms with Crippen molar-refractivity contribution in [2.75, 3.05) is 0 Å². The Labute approximate surface area is 185 Å². The van der Waals surface area contributed by atoms with Gasteiger partial charge in [-0.05, 0) is 55.9 Å². The number of amides is 1. The highest BCUT2D eigenvalue weighted by atomic mass is 16.6. The summed E-state index contributed by atoms with van der Waals surface area (Å²) in [4.78, 5) is 37.2. The molecule has 166 valence electrons. The fourth-order valence-corrected chi connectivity index (χ4v) is 3.99. The number of alkyl carbamates (subject to hydrolysis) is 1. The third-order valence-electron chi connectivity index (χ3n) is 5.75. The van der Waals surface area contributed by atoms with E-state index < -0.39 is 18.1 Å². The van der Waals surface area contributed by atoms with Crippen LogP contribution in [0.5, 0.6) is 5.75 Å². The van der Waals surface area contributed by atoms with Crippen LogP contribution in [-0.4, -0.2) is 18.1 Å². The maximum atomic E-state index is 12.7. The third-order valence-corrected chi connectivity index (χ3v) is 5.75. The van der Waals surface area contributed by atoms with Crippen molar-refractivity contribution >= 4 is 23.0 Å². The van der Waals surface area contributed by atoms with E-state index in [1.165, 1.54) is 0 Å². The maximum Gasteiger partial charge on any atom is 0.408 e. The molecule has 0 unspecified atom stereocenters. The van der Waals surface area contributed by atoms with Crippen molar-refractivity contribution in [1.29, 1.82) is 0 Å². The first-order valence-electron chi connectivity index (χ1n) is 10.7. The minimum Gasteiger partial charge on any atom is -0.445 e. The summed E-state index contributed by atoms with van der Waals surface area (Å²) in [6.07, 6.45) is 2.12. The van der Waals surface area contributed by atoms with E-state index in [9.17, 15) is 14.4 Å². The lowest BCUT2D eigenvalue weighted by Gasteiger charge is -2.17. The van der Waals surface area contributed by atoms with Crippen LogP contribution >= 0.6 is 0 Å². The van der Waals surface area contributed by atoms with Gasteiger partial charge in [-0.2, -0.15) is 0 Å². The predicted octanol–water partition coefficient (Wildman–Crippen LogP) is 4.20. The molecule has 32 heavy (non-hydrogen) atoms. The van der Waals surface area contributed by atoms with Gasteiger partial charge < -0.3 is 19.2 Å². The SMILES string of the molecule is CC[C@@H](NC(=O)OCc1ccccc1)C(=O)Oc1ccc2c3c(c(=O)oc2c1C)CCC3. The van der Waals surface area contributed by atoms with Crippen molar-refractivity contribution in [3.05, 3.63) is 75.1 Å². The summed E-state index contributed by atoms with van der Waals surface area (Å²) in [6, 6.07) is 11.9. The molecule has 1 atom stereocenters. The number of aryl methyl sites for hydroxylation is 2. The van der Waals surface area contributed by atoms with Gasteiger partial charge in [0.1, 0.15) is 24.0 Å². The average Bonchev–Trinajstić information content (AvgIpc) is 3.30. The molecule has 0 radical (unpaired) electrons. The summed E-state index contributed by atoms with van der Waals surface area (Å²) in [7, 11) is 0. The van der Waals surface area contributed by atoms with E-state index in [1.807, 2.05) is 36.4 Å². The molecule has 1 aromatic heterocycles. The lowest BCUT2D eigenvalue weighted by atomic mass is 10.0. The van der Waals surface area contributed by atoms with E-state index in [2.05, 4.69) is 5.32 Å². The van der Waals surface area contributed by atoms with Crippen LogP contribution in [0.3, 0.4) is 0 Å². The number of rotatable bonds is 6. The molecule has 3 aromatic rings. The molecule has 1 heterocycles. The van der Waals surface area contributed by atoms with Gasteiger partial charge in [0.15, 0.2) is 0 Å². The zero-order valence-corrected chi connectivity index (χ0v) is 18.1. The molecule has 0 saturated carbocycles. The molecule has 1 amide bonds. The molecule has 0 saturated heterocycles. The summed E-state index contributed by atoms with van der Waals surface area (Å²) in [5.41, 5.74) is 3.29. The van der Waals surface area contributed by atoms with Gasteiger partial charge in [0, 0.05) is 16.5 Å². The molecule has 4 rings (SSSR count). The standard InChI is InChI=1S/C25H25NO6/c1-3-20(26-25(29)30-14-16-8-5-4-6-9-16)24(28)31-21-13-12-18-17-10-7-11-19(17)23(27)32-22(18)15(21)2/h4-6,8-9,12-13,20H,3,7,10-11,14H2,1-2H3,(H,26,29)/t20-/m1/s1. The molecule has 7 nitrogen and oxygen atoms in total. The van der Waals surface area contributed by atoms with Gasteiger partial charge in [-0.15, -0.1) is 0 Å². The Morgan fingerprint density at radius 1 is 1.09 bits per heavy atom. The number of ether oxygens (including phenoxy) is 2. The van der Waals surface area contributed by atoms with Crippen molar-refractivity contribution in [2.45, 2.75) is 52.2 Å². The maximum absolute atomic E-state index is 12.7. The zero-order chi connectivity index (χ0) is 22.7. The van der Waals surface area contributed by atoms with E-state index in [4.69, 9.17) is 13.9 Å². The first kappa shape index (κ1) is 21.6. The fourth-order valence-electron chi connectivity index (χ4n) is 3.99. The predicted molar refractivity (Wildman–Crippen MR) is 119 cm³/mol. The van der Waals surface area contributed by atoms with Gasteiger partial charge in [-0.25, -0.2) is 14.4 Å². The minimum absolute atomic E-state index is 0.102. The largest absolute Gasteiger partial charge is 0.445 e. The van der Waals surface area contributed by atoms with E-state index >= 15 is 0 Å². The summed E-state index contributed by atoms with van der Waals surface area (Å²) in [5.74, 6) is -0.323. The summed E-state index contributed by atoms with van der Waals surface area (Å²) < 4.78 is 16.3. The number of fused-ring (bicyclic) bond motifs is 3. The van der Waals surface area contributed by atoms with Crippen LogP contribution in [0.25, 0.3) is 11.0 Å². The minimum atomic E-state index is -0.875. The Kier molecular flexibility index (Phi) is 6.25. The average molecular weight is 435 g/mol. The lowest BCUT2D eigenvalue weighted by Crippen LogP contribution is -2.42. The second-order valence-electron chi connectivity index (χ2n) is 7.85. The number of esters is 1. The molecule has 0 spiro atoms. The van der Waals surface area contributed by atoms with Crippen LogP contribution in [0.1, 0.15) is 42.0 Å². The summed E-state index contributed by atoms with van der Waals surface area (Å²) >= 11 is 0. The van der Waals surface area contributed by atoms with E-state index in [1.54, 1.807) is 19.9 Å². The van der Waals surface area contributed by atoms with Gasteiger partial charge in [-0.1, -0.05) is 37.3 Å². The van der Waals surface area contributed by atoms with Crippen LogP contribution < -0.4 is 15.7 Å². The van der Waals surface area contributed by atoms with Gasteiger partial charge in [0.2, 0.25) is 0 Å². The van der Waals surface area contributed by atoms with Crippen molar-refractivity contribution < 1.29 is 23.5 Å². The molecule has 1 aliphatic carbocycles. The third kappa shape index (κ3) is 4.37. The number of nitrogens with one attached hydrogen (secondary N) is 1. The Morgan fingerprint density at radius 3 is 2.59 bits per heavy atom. The molecule has 2 aromatic carbocycles. The first-order chi connectivity index (χ1) is 15.5. The number of carbonyl (C=O) groups excluding carboxylic acids is 2. The second-order valence-corrected chi connectivity index (χ2v) is 7.85. The number of hydrogen-bond acceptors (Lipinski definition) is 6. The Hall–Kier alpha value is -3.61. The van der Waals surface area contributed by atoms with E-state index in [0.717, 1.165) is 41.3 Å². The molecular formula is C25H25NO6. The van der Waals surface area contributed by atoms with Gasteiger partial charge >= 0.3 is 17.7 Å². The molecule has 1 N–H and O–H groups in total. The van der Waals surface area contributed by atoms with Crippen LogP contribution in [0.2, 0.25) is 0 Å². The quantitative estimate of drug-likeness (QED) is 0.354. The zero-order valence-electron chi connectivity index (χ0n) is 18.1. The summed E-state index contributed by atoms with van der Waals surface area (Å²) in [6.45, 7) is 3.61. The molecule has 0 bridgehead atoms. The Bertz CT molecular complexity index is 1210. The van der Waals surface area contributed by atoms with Crippen LogP contribution in [0.4, 0.5) is 4.79 Å². The van der Waals surface area contributed by atoms with E-state index in [0.29, 0.717) is 23.3 Å². The molecular weight excluding hydrogens is 410 g/mol. The van der Waals surface area contributed by atoms with Crippen LogP contribution in [0.15, 0.2) is 51.7 Å². The molecule has 1 aliphatic rings. The number of hydrogen-bond donors (Lipinski definition) is 1. The number of carbonyl (C=O) groups is 2. The normalized spacial score (nSPS) is 13.4. The van der Waals surface area contributed by atoms with Crippen LogP contribution in [0, 0.1) is 6.92 Å². The molecule has 7 heteroatoms. The van der Waals surface area contributed by atoms with Crippen molar-refractivity contribution in [3.8, 4) is 5.75 Å². The van der Waals surface area contributed by atoms with Crippen molar-refractivity contribution in [3.63, 3.8) is 0 Å². The summed E-state index contributed by atoms with van der Waals surface area (Å²) in [5, 5.41) is 3.43. The molecule has 0 fully saturated rings. The van der Waals surface area contributed by atoms with Gasteiger partial charge in [0.05, 0.1) is 0 Å².